The summed E-state index contributed by atoms with van der Waals surface area (Å²) in [7, 11) is 0. The van der Waals surface area contributed by atoms with E-state index in [2.05, 4.69) is 4.90 Å². The quantitative estimate of drug-likeness (QED) is 0.744. The lowest BCUT2D eigenvalue weighted by molar-refractivity contribution is -0.0268. The number of aryl methyl sites for hydroxylation is 1. The predicted molar refractivity (Wildman–Crippen MR) is 66.3 cm³/mol. The van der Waals surface area contributed by atoms with Crippen molar-refractivity contribution in [2.45, 2.75) is 25.7 Å². The first kappa shape index (κ1) is 11.7. The molecule has 3 atom stereocenters. The van der Waals surface area contributed by atoms with Crippen molar-refractivity contribution in [2.75, 3.05) is 19.7 Å². The maximum atomic E-state index is 12.1. The Morgan fingerprint density at radius 1 is 1.44 bits per heavy atom. The van der Waals surface area contributed by atoms with Crippen molar-refractivity contribution >= 4 is 5.97 Å². The third kappa shape index (κ3) is 2.13. The SMILES string of the molecule is Cc1ccccc1C(=O)O[C@H]1C[C@@H]2CN1CCO2. The first-order chi connectivity index (χ1) is 8.74. The van der Waals surface area contributed by atoms with Gasteiger partial charge < -0.3 is 9.47 Å². The van der Waals surface area contributed by atoms with Crippen molar-refractivity contribution in [3.8, 4) is 0 Å². The molecule has 2 bridgehead atoms. The van der Waals surface area contributed by atoms with Gasteiger partial charge in [0, 0.05) is 19.5 Å². The highest BCUT2D eigenvalue weighted by Gasteiger charge is 2.38. The van der Waals surface area contributed by atoms with Crippen molar-refractivity contribution in [1.29, 1.82) is 0 Å². The molecule has 1 aromatic rings. The van der Waals surface area contributed by atoms with Gasteiger partial charge in [0.05, 0.1) is 18.3 Å². The molecule has 2 aliphatic heterocycles. The first-order valence-corrected chi connectivity index (χ1v) is 6.36. The minimum atomic E-state index is -0.231. The van der Waals surface area contributed by atoms with E-state index in [1.807, 2.05) is 31.2 Å². The molecule has 1 aromatic carbocycles. The van der Waals surface area contributed by atoms with Crippen molar-refractivity contribution in [3.63, 3.8) is 0 Å². The Bertz CT molecular complexity index is 460. The Morgan fingerprint density at radius 3 is 3.06 bits per heavy atom. The van der Waals surface area contributed by atoms with Crippen LogP contribution in [0.15, 0.2) is 24.3 Å². The molecule has 4 nitrogen and oxygen atoms in total. The predicted octanol–water partition coefficient (Wildman–Crippen LogP) is 1.58. The van der Waals surface area contributed by atoms with Crippen LogP contribution in [-0.2, 0) is 9.47 Å². The van der Waals surface area contributed by atoms with E-state index < -0.39 is 0 Å². The summed E-state index contributed by atoms with van der Waals surface area (Å²) in [5.74, 6) is -0.231. The summed E-state index contributed by atoms with van der Waals surface area (Å²) in [6.07, 6.45) is 0.899. The van der Waals surface area contributed by atoms with Gasteiger partial charge in [-0.05, 0) is 18.6 Å². The molecule has 2 aliphatic rings. The zero-order chi connectivity index (χ0) is 12.5. The molecule has 1 unspecified atom stereocenters. The lowest BCUT2D eigenvalue weighted by atomic mass is 10.1. The highest BCUT2D eigenvalue weighted by molar-refractivity contribution is 5.91. The fourth-order valence-corrected chi connectivity index (χ4v) is 2.63. The van der Waals surface area contributed by atoms with E-state index in [0.29, 0.717) is 5.56 Å². The molecule has 2 saturated heterocycles. The molecule has 0 aromatic heterocycles. The highest BCUT2D eigenvalue weighted by atomic mass is 16.6. The average molecular weight is 247 g/mol. The number of benzene rings is 1. The van der Waals surface area contributed by atoms with Crippen LogP contribution >= 0.6 is 0 Å². The zero-order valence-electron chi connectivity index (χ0n) is 10.5. The fraction of sp³-hybridized carbons (Fsp3) is 0.500. The van der Waals surface area contributed by atoms with Gasteiger partial charge in [-0.25, -0.2) is 4.79 Å². The summed E-state index contributed by atoms with van der Waals surface area (Å²) in [6, 6.07) is 7.52. The summed E-state index contributed by atoms with van der Waals surface area (Å²) < 4.78 is 11.2. The maximum Gasteiger partial charge on any atom is 0.339 e. The summed E-state index contributed by atoms with van der Waals surface area (Å²) in [5, 5.41) is 0. The number of carbonyl (C=O) groups is 1. The molecule has 4 heteroatoms. The maximum absolute atomic E-state index is 12.1. The van der Waals surface area contributed by atoms with E-state index in [9.17, 15) is 4.79 Å². The first-order valence-electron chi connectivity index (χ1n) is 6.36. The van der Waals surface area contributed by atoms with Crippen molar-refractivity contribution in [2.24, 2.45) is 0 Å². The van der Waals surface area contributed by atoms with Gasteiger partial charge in [-0.3, -0.25) is 4.90 Å². The van der Waals surface area contributed by atoms with Gasteiger partial charge in [0.25, 0.3) is 0 Å². The topological polar surface area (TPSA) is 38.8 Å². The van der Waals surface area contributed by atoms with Crippen LogP contribution in [0.25, 0.3) is 0 Å². The molecular weight excluding hydrogens is 230 g/mol. The molecule has 2 heterocycles. The van der Waals surface area contributed by atoms with E-state index in [1.165, 1.54) is 0 Å². The smallest absolute Gasteiger partial charge is 0.339 e. The van der Waals surface area contributed by atoms with E-state index in [-0.39, 0.29) is 18.3 Å². The van der Waals surface area contributed by atoms with Gasteiger partial charge >= 0.3 is 5.97 Å². The molecule has 96 valence electrons. The van der Waals surface area contributed by atoms with Gasteiger partial charge in [-0.2, -0.15) is 0 Å². The van der Waals surface area contributed by atoms with E-state index in [0.717, 1.165) is 31.7 Å². The van der Waals surface area contributed by atoms with Crippen LogP contribution in [0.3, 0.4) is 0 Å². The van der Waals surface area contributed by atoms with Crippen molar-refractivity contribution < 1.29 is 14.3 Å². The number of fused-ring (bicyclic) bond motifs is 2. The largest absolute Gasteiger partial charge is 0.443 e. The van der Waals surface area contributed by atoms with Crippen molar-refractivity contribution in [3.05, 3.63) is 35.4 Å². The highest BCUT2D eigenvalue weighted by Crippen LogP contribution is 2.25. The molecule has 3 rings (SSSR count). The summed E-state index contributed by atoms with van der Waals surface area (Å²) >= 11 is 0. The number of morpholine rings is 1. The zero-order valence-corrected chi connectivity index (χ0v) is 10.5. The Balaban J connectivity index is 1.70. The average Bonchev–Trinajstić information content (AvgIpc) is 2.64. The minimum absolute atomic E-state index is 0.121. The number of hydrogen-bond acceptors (Lipinski definition) is 4. The van der Waals surface area contributed by atoms with Crippen molar-refractivity contribution in [1.82, 2.24) is 4.90 Å². The second kappa shape index (κ2) is 4.71. The molecule has 2 fully saturated rings. The van der Waals surface area contributed by atoms with Gasteiger partial charge in [0.2, 0.25) is 0 Å². The number of rotatable bonds is 2. The molecule has 0 saturated carbocycles. The minimum Gasteiger partial charge on any atom is -0.443 e. The van der Waals surface area contributed by atoms with Crippen LogP contribution in [-0.4, -0.2) is 42.9 Å². The van der Waals surface area contributed by atoms with Gasteiger partial charge in [0.15, 0.2) is 6.23 Å². The summed E-state index contributed by atoms with van der Waals surface area (Å²) in [4.78, 5) is 14.3. The molecule has 0 radical (unpaired) electrons. The van der Waals surface area contributed by atoms with Crippen LogP contribution < -0.4 is 0 Å². The second-order valence-corrected chi connectivity index (χ2v) is 4.90. The number of ether oxygens (including phenoxy) is 2. The van der Waals surface area contributed by atoms with E-state index >= 15 is 0 Å². The van der Waals surface area contributed by atoms with E-state index in [4.69, 9.17) is 9.47 Å². The molecule has 0 spiro atoms. The molecule has 0 amide bonds. The Labute approximate surface area is 106 Å². The Hall–Kier alpha value is -1.39. The number of hydrogen-bond donors (Lipinski definition) is 0. The lowest BCUT2D eigenvalue weighted by Crippen LogP contribution is -2.38. The second-order valence-electron chi connectivity index (χ2n) is 4.90. The van der Waals surface area contributed by atoms with Crippen LogP contribution in [0.4, 0.5) is 0 Å². The molecule has 0 N–H and O–H groups in total. The summed E-state index contributed by atoms with van der Waals surface area (Å²) in [5.41, 5.74) is 1.61. The van der Waals surface area contributed by atoms with Crippen LogP contribution in [0.5, 0.6) is 0 Å². The number of esters is 1. The van der Waals surface area contributed by atoms with Gasteiger partial charge in [-0.1, -0.05) is 18.2 Å². The monoisotopic (exact) mass is 247 g/mol. The molecular formula is C14H17NO3. The third-order valence-corrected chi connectivity index (χ3v) is 3.65. The Kier molecular flexibility index (Phi) is 3.06. The van der Waals surface area contributed by atoms with Crippen LogP contribution in [0, 0.1) is 6.92 Å². The number of nitrogens with zero attached hydrogens (tertiary/aromatic N) is 1. The number of carbonyl (C=O) groups excluding carboxylic acids is 1. The van der Waals surface area contributed by atoms with Crippen LogP contribution in [0.2, 0.25) is 0 Å². The third-order valence-electron chi connectivity index (χ3n) is 3.65. The van der Waals surface area contributed by atoms with Gasteiger partial charge in [0.1, 0.15) is 0 Å². The molecule has 0 aliphatic carbocycles. The normalized spacial score (nSPS) is 30.2. The lowest BCUT2D eigenvalue weighted by Gasteiger charge is -2.25. The van der Waals surface area contributed by atoms with E-state index in [1.54, 1.807) is 0 Å². The standard InChI is InChI=1S/C14H17NO3/c1-10-4-2-3-5-12(10)14(16)18-13-8-11-9-15(13)6-7-17-11/h2-5,11,13H,6-9H2,1H3/t11-,13+/m1/s1. The Morgan fingerprint density at radius 2 is 2.28 bits per heavy atom. The summed E-state index contributed by atoms with van der Waals surface area (Å²) in [6.45, 7) is 4.39. The fourth-order valence-electron chi connectivity index (χ4n) is 2.63. The van der Waals surface area contributed by atoms with Gasteiger partial charge in [-0.15, -0.1) is 0 Å². The van der Waals surface area contributed by atoms with Crippen LogP contribution in [0.1, 0.15) is 22.3 Å². The molecule has 18 heavy (non-hydrogen) atoms.